The van der Waals surface area contributed by atoms with E-state index in [2.05, 4.69) is 36.1 Å². The van der Waals surface area contributed by atoms with Crippen molar-refractivity contribution in [3.63, 3.8) is 0 Å². The van der Waals surface area contributed by atoms with Crippen molar-refractivity contribution >= 4 is 17.9 Å². The maximum absolute atomic E-state index is 13.1. The largest absolute Gasteiger partial charge is 0.321 e. The topological polar surface area (TPSA) is 96.7 Å². The number of para-hydroxylation sites is 1. The van der Waals surface area contributed by atoms with Gasteiger partial charge in [0.05, 0.1) is 18.1 Å². The molecule has 2 aromatic carbocycles. The normalized spacial score (nSPS) is 11.1. The lowest BCUT2D eigenvalue weighted by Gasteiger charge is -2.03. The Balaban J connectivity index is 1.58. The fourth-order valence-electron chi connectivity index (χ4n) is 2.34. The second kappa shape index (κ2) is 6.93. The molecule has 0 saturated carbocycles. The van der Waals surface area contributed by atoms with Crippen LogP contribution in [0.15, 0.2) is 65.9 Å². The predicted molar refractivity (Wildman–Crippen MR) is 94.5 cm³/mol. The van der Waals surface area contributed by atoms with E-state index >= 15 is 0 Å². The summed E-state index contributed by atoms with van der Waals surface area (Å²) in [4.78, 5) is 1.27. The molecule has 0 aliphatic carbocycles. The summed E-state index contributed by atoms with van der Waals surface area (Å²) in [5.74, 6) is 0.0769. The van der Waals surface area contributed by atoms with E-state index in [1.807, 2.05) is 30.3 Å². The molecular formula is C17H13FN8. The van der Waals surface area contributed by atoms with Gasteiger partial charge in [-0.2, -0.15) is 10.2 Å². The highest BCUT2D eigenvalue weighted by Gasteiger charge is 2.08. The molecule has 0 bridgehead atoms. The van der Waals surface area contributed by atoms with Crippen molar-refractivity contribution in [2.75, 3.05) is 5.32 Å². The molecule has 0 fully saturated rings. The van der Waals surface area contributed by atoms with Gasteiger partial charge in [-0.15, -0.1) is 0 Å². The number of halogens is 1. The van der Waals surface area contributed by atoms with Crippen LogP contribution in [0.25, 0.3) is 11.3 Å². The van der Waals surface area contributed by atoms with Gasteiger partial charge in [-0.3, -0.25) is 5.10 Å². The average Bonchev–Trinajstić information content (AvgIpc) is 3.31. The number of anilines is 2. The van der Waals surface area contributed by atoms with Gasteiger partial charge in [-0.25, -0.2) is 4.39 Å². The first-order valence-corrected chi connectivity index (χ1v) is 7.74. The third-order valence-electron chi connectivity index (χ3n) is 3.59. The molecule has 0 amide bonds. The van der Waals surface area contributed by atoms with E-state index in [1.165, 1.54) is 16.9 Å². The van der Waals surface area contributed by atoms with Crippen LogP contribution in [0.5, 0.6) is 0 Å². The zero-order valence-electron chi connectivity index (χ0n) is 13.4. The maximum atomic E-state index is 13.1. The first kappa shape index (κ1) is 15.6. The SMILES string of the molecule is Fc1ccc(-c2[nH]ncc2C=Nn2nnnc2Nc2ccccc2)cc1. The maximum Gasteiger partial charge on any atom is 0.269 e. The molecule has 0 unspecified atom stereocenters. The zero-order chi connectivity index (χ0) is 17.8. The van der Waals surface area contributed by atoms with Crippen molar-refractivity contribution in [1.82, 2.24) is 30.5 Å². The van der Waals surface area contributed by atoms with Crippen molar-refractivity contribution in [3.8, 4) is 11.3 Å². The number of aromatic nitrogens is 6. The minimum absolute atomic E-state index is 0.297. The lowest BCUT2D eigenvalue weighted by molar-refractivity contribution is 0.628. The average molecular weight is 348 g/mol. The summed E-state index contributed by atoms with van der Waals surface area (Å²) in [6, 6.07) is 15.6. The fraction of sp³-hybridized carbons (Fsp3) is 0. The van der Waals surface area contributed by atoms with Crippen LogP contribution in [-0.4, -0.2) is 36.7 Å². The molecule has 8 nitrogen and oxygen atoms in total. The molecule has 0 aliphatic rings. The molecule has 0 aliphatic heterocycles. The number of aromatic amines is 1. The number of hydrogen-bond acceptors (Lipinski definition) is 6. The first-order chi connectivity index (χ1) is 12.8. The number of benzene rings is 2. The van der Waals surface area contributed by atoms with Gasteiger partial charge in [0, 0.05) is 16.8 Å². The van der Waals surface area contributed by atoms with Gasteiger partial charge in [0.2, 0.25) is 0 Å². The number of nitrogens with one attached hydrogen (secondary N) is 2. The molecule has 0 radical (unpaired) electrons. The van der Waals surface area contributed by atoms with Crippen LogP contribution in [0.4, 0.5) is 16.0 Å². The van der Waals surface area contributed by atoms with Crippen molar-refractivity contribution < 1.29 is 4.39 Å². The molecule has 0 spiro atoms. The summed E-state index contributed by atoms with van der Waals surface area (Å²) < 4.78 is 13.1. The summed E-state index contributed by atoms with van der Waals surface area (Å²) in [6.45, 7) is 0. The van der Waals surface area contributed by atoms with Crippen LogP contribution >= 0.6 is 0 Å². The van der Waals surface area contributed by atoms with Crippen molar-refractivity contribution in [2.24, 2.45) is 5.10 Å². The number of rotatable bonds is 5. The fourth-order valence-corrected chi connectivity index (χ4v) is 2.34. The molecule has 26 heavy (non-hydrogen) atoms. The monoisotopic (exact) mass is 348 g/mol. The van der Waals surface area contributed by atoms with Gasteiger partial charge in [0.15, 0.2) is 0 Å². The Morgan fingerprint density at radius 3 is 2.69 bits per heavy atom. The summed E-state index contributed by atoms with van der Waals surface area (Å²) in [5, 5.41) is 25.6. The third-order valence-corrected chi connectivity index (χ3v) is 3.59. The molecule has 0 saturated heterocycles. The third kappa shape index (κ3) is 3.31. The molecule has 0 atom stereocenters. The molecular weight excluding hydrogens is 335 g/mol. The van der Waals surface area contributed by atoms with Gasteiger partial charge in [-0.05, 0) is 46.8 Å². The summed E-state index contributed by atoms with van der Waals surface area (Å²) >= 11 is 0. The lowest BCUT2D eigenvalue weighted by Crippen LogP contribution is -2.01. The summed E-state index contributed by atoms with van der Waals surface area (Å²) in [5.41, 5.74) is 3.08. The highest BCUT2D eigenvalue weighted by Crippen LogP contribution is 2.20. The minimum Gasteiger partial charge on any atom is -0.321 e. The van der Waals surface area contributed by atoms with Crippen LogP contribution in [0.2, 0.25) is 0 Å². The number of tetrazole rings is 1. The molecule has 2 heterocycles. The Kier molecular flexibility index (Phi) is 4.17. The van der Waals surface area contributed by atoms with Crippen LogP contribution in [0.1, 0.15) is 5.56 Å². The number of nitrogens with zero attached hydrogens (tertiary/aromatic N) is 6. The van der Waals surface area contributed by atoms with Crippen LogP contribution < -0.4 is 5.32 Å². The van der Waals surface area contributed by atoms with Crippen LogP contribution in [-0.2, 0) is 0 Å². The Hall–Kier alpha value is -3.88. The lowest BCUT2D eigenvalue weighted by atomic mass is 10.1. The van der Waals surface area contributed by atoms with E-state index in [9.17, 15) is 4.39 Å². The Bertz CT molecular complexity index is 1020. The zero-order valence-corrected chi connectivity index (χ0v) is 13.4. The minimum atomic E-state index is -0.297. The molecule has 4 aromatic rings. The summed E-state index contributed by atoms with van der Waals surface area (Å²) in [6.07, 6.45) is 3.20. The van der Waals surface area contributed by atoms with E-state index in [0.717, 1.165) is 22.5 Å². The van der Waals surface area contributed by atoms with Gasteiger partial charge in [0.25, 0.3) is 5.95 Å². The van der Waals surface area contributed by atoms with E-state index in [4.69, 9.17) is 0 Å². The number of H-pyrrole nitrogens is 1. The van der Waals surface area contributed by atoms with Crippen molar-refractivity contribution in [3.05, 3.63) is 72.2 Å². The predicted octanol–water partition coefficient (Wildman–Crippen LogP) is 2.83. The van der Waals surface area contributed by atoms with E-state index < -0.39 is 0 Å². The quantitative estimate of drug-likeness (QED) is 0.541. The Morgan fingerprint density at radius 2 is 1.88 bits per heavy atom. The number of hydrogen-bond donors (Lipinski definition) is 2. The summed E-state index contributed by atoms with van der Waals surface area (Å²) in [7, 11) is 0. The van der Waals surface area contributed by atoms with Crippen LogP contribution in [0, 0.1) is 5.82 Å². The van der Waals surface area contributed by atoms with Crippen molar-refractivity contribution in [1.29, 1.82) is 0 Å². The van der Waals surface area contributed by atoms with Gasteiger partial charge in [-0.1, -0.05) is 28.1 Å². The Morgan fingerprint density at radius 1 is 1.08 bits per heavy atom. The second-order valence-electron chi connectivity index (χ2n) is 5.33. The molecule has 4 rings (SSSR count). The highest BCUT2D eigenvalue weighted by molar-refractivity contribution is 5.88. The standard InChI is InChI=1S/C17H13FN8/c18-14-8-6-12(7-9-14)16-13(10-19-22-16)11-20-26-17(23-24-25-26)21-15-4-2-1-3-5-15/h1-11H,(H,19,22)(H,21,23,25). The van der Waals surface area contributed by atoms with E-state index in [1.54, 1.807) is 24.5 Å². The second-order valence-corrected chi connectivity index (χ2v) is 5.33. The van der Waals surface area contributed by atoms with Crippen LogP contribution in [0.3, 0.4) is 0 Å². The molecule has 2 N–H and O–H groups in total. The highest BCUT2D eigenvalue weighted by atomic mass is 19.1. The van der Waals surface area contributed by atoms with Gasteiger partial charge >= 0.3 is 0 Å². The Labute approximate surface area is 147 Å². The van der Waals surface area contributed by atoms with E-state index in [-0.39, 0.29) is 5.82 Å². The van der Waals surface area contributed by atoms with Gasteiger partial charge < -0.3 is 5.32 Å². The first-order valence-electron chi connectivity index (χ1n) is 7.74. The van der Waals surface area contributed by atoms with Crippen molar-refractivity contribution in [2.45, 2.75) is 0 Å². The smallest absolute Gasteiger partial charge is 0.269 e. The van der Waals surface area contributed by atoms with E-state index in [0.29, 0.717) is 5.95 Å². The molecule has 128 valence electrons. The molecule has 9 heteroatoms. The molecule has 2 aromatic heterocycles. The van der Waals surface area contributed by atoms with Gasteiger partial charge in [0.1, 0.15) is 5.82 Å².